The highest BCUT2D eigenvalue weighted by Gasteiger charge is 2.65. The van der Waals surface area contributed by atoms with Crippen LogP contribution in [0.5, 0.6) is 0 Å². The molecule has 0 spiro atoms. The fourth-order valence-corrected chi connectivity index (χ4v) is 9.53. The van der Waals surface area contributed by atoms with Gasteiger partial charge in [0.25, 0.3) is 0 Å². The van der Waals surface area contributed by atoms with Crippen molar-refractivity contribution in [3.8, 4) is 0 Å². The molecule has 0 unspecified atom stereocenters. The monoisotopic (exact) mass is 488 g/mol. The van der Waals surface area contributed by atoms with E-state index in [1.807, 2.05) is 0 Å². The Bertz CT molecular complexity index is 861. The number of rotatable bonds is 6. The Balaban J connectivity index is 1.56. The van der Waals surface area contributed by atoms with Gasteiger partial charge >= 0.3 is 16.4 Å². The number of carboxylic acid groups (broad SMARTS) is 1. The molecule has 33 heavy (non-hydrogen) atoms. The number of aliphatic hydroxyl groups is 2. The van der Waals surface area contributed by atoms with Crippen molar-refractivity contribution in [1.29, 1.82) is 0 Å². The summed E-state index contributed by atoms with van der Waals surface area (Å²) in [5.41, 5.74) is -0.203. The molecule has 0 saturated heterocycles. The van der Waals surface area contributed by atoms with Crippen molar-refractivity contribution in [3.63, 3.8) is 0 Å². The Hall–Kier alpha value is -0.740. The van der Waals surface area contributed by atoms with Crippen LogP contribution in [0.3, 0.4) is 0 Å². The van der Waals surface area contributed by atoms with Gasteiger partial charge in [-0.1, -0.05) is 20.8 Å². The number of fused-ring (bicyclic) bond motifs is 5. The van der Waals surface area contributed by atoms with Gasteiger partial charge in [-0.05, 0) is 97.7 Å². The fourth-order valence-electron chi connectivity index (χ4n) is 9.01. The zero-order valence-electron chi connectivity index (χ0n) is 19.9. The number of aliphatic carboxylic acids is 1. The minimum atomic E-state index is -4.56. The van der Waals surface area contributed by atoms with Crippen LogP contribution >= 0.6 is 0 Å². The molecule has 4 N–H and O–H groups in total. The summed E-state index contributed by atoms with van der Waals surface area (Å²) in [4.78, 5) is 11.1. The number of carbonyl (C=O) groups is 1. The number of carboxylic acids is 1. The summed E-state index contributed by atoms with van der Waals surface area (Å²) in [5, 5.41) is 31.7. The van der Waals surface area contributed by atoms with E-state index in [4.69, 9.17) is 13.8 Å². The first-order valence-corrected chi connectivity index (χ1v) is 13.9. The first-order chi connectivity index (χ1) is 15.3. The Morgan fingerprint density at radius 3 is 2.27 bits per heavy atom. The number of hydrogen-bond donors (Lipinski definition) is 4. The highest BCUT2D eigenvalue weighted by atomic mass is 32.3. The largest absolute Gasteiger partial charge is 0.481 e. The molecule has 0 aromatic carbocycles. The molecule has 4 rings (SSSR count). The van der Waals surface area contributed by atoms with Gasteiger partial charge in [0.05, 0.1) is 18.3 Å². The first-order valence-electron chi connectivity index (χ1n) is 12.5. The van der Waals surface area contributed by atoms with Crippen LogP contribution in [0.1, 0.15) is 78.6 Å². The molecule has 4 aliphatic rings. The van der Waals surface area contributed by atoms with Gasteiger partial charge in [0, 0.05) is 6.42 Å². The molecule has 9 heteroatoms. The van der Waals surface area contributed by atoms with E-state index in [0.717, 1.165) is 25.7 Å². The highest BCUT2D eigenvalue weighted by Crippen LogP contribution is 2.68. The molecule has 0 radical (unpaired) electrons. The third kappa shape index (κ3) is 4.37. The van der Waals surface area contributed by atoms with Crippen molar-refractivity contribution >= 4 is 16.4 Å². The summed E-state index contributed by atoms with van der Waals surface area (Å²) in [6, 6.07) is 0. The van der Waals surface area contributed by atoms with Gasteiger partial charge in [0.1, 0.15) is 0 Å². The van der Waals surface area contributed by atoms with Gasteiger partial charge in [-0.25, -0.2) is 4.18 Å². The van der Waals surface area contributed by atoms with Crippen LogP contribution in [-0.4, -0.2) is 52.6 Å². The van der Waals surface area contributed by atoms with Crippen molar-refractivity contribution in [2.75, 3.05) is 0 Å². The Kier molecular flexibility index (Phi) is 6.71. The topological polar surface area (TPSA) is 141 Å². The molecule has 0 bridgehead atoms. The van der Waals surface area contributed by atoms with Gasteiger partial charge in [0.2, 0.25) is 0 Å². The normalized spacial score (nSPS) is 48.4. The van der Waals surface area contributed by atoms with Gasteiger partial charge in [-0.15, -0.1) is 0 Å². The van der Waals surface area contributed by atoms with Crippen LogP contribution in [0.15, 0.2) is 0 Å². The molecule has 0 heterocycles. The highest BCUT2D eigenvalue weighted by molar-refractivity contribution is 7.80. The van der Waals surface area contributed by atoms with E-state index < -0.39 is 34.7 Å². The summed E-state index contributed by atoms with van der Waals surface area (Å²) in [7, 11) is -4.56. The van der Waals surface area contributed by atoms with Crippen LogP contribution < -0.4 is 0 Å². The SMILES string of the molecule is C[C@H](CCC(=O)O)[C@H]1CC[C@H]2[C@@H]3[C@@H](O)[C@H](O)[C@@H]4C[C@H](OS(=O)(=O)O)CC[C@]4(C)[C@H]3CC[C@]12C. The second-order valence-corrected chi connectivity index (χ2v) is 13.0. The molecular weight excluding hydrogens is 448 g/mol. The average Bonchev–Trinajstić information content (AvgIpc) is 3.07. The molecule has 4 aliphatic carbocycles. The van der Waals surface area contributed by atoms with Crippen molar-refractivity contribution in [2.45, 2.75) is 96.9 Å². The predicted molar refractivity (Wildman–Crippen MR) is 120 cm³/mol. The Labute approximate surface area is 197 Å². The summed E-state index contributed by atoms with van der Waals surface area (Å²) in [5.74, 6) is 0.164. The van der Waals surface area contributed by atoms with E-state index in [-0.39, 0.29) is 40.9 Å². The zero-order valence-corrected chi connectivity index (χ0v) is 20.7. The molecule has 4 saturated carbocycles. The van der Waals surface area contributed by atoms with Gasteiger partial charge in [-0.3, -0.25) is 9.35 Å². The van der Waals surface area contributed by atoms with E-state index in [9.17, 15) is 23.4 Å². The molecule has 4 fully saturated rings. The first kappa shape index (κ1) is 25.4. The summed E-state index contributed by atoms with van der Waals surface area (Å²) < 4.78 is 36.4. The van der Waals surface area contributed by atoms with Crippen molar-refractivity contribution in [2.24, 2.45) is 46.3 Å². The van der Waals surface area contributed by atoms with Crippen molar-refractivity contribution in [1.82, 2.24) is 0 Å². The van der Waals surface area contributed by atoms with E-state index in [2.05, 4.69) is 20.8 Å². The van der Waals surface area contributed by atoms with E-state index >= 15 is 0 Å². The lowest BCUT2D eigenvalue weighted by molar-refractivity contribution is -0.222. The quantitative estimate of drug-likeness (QED) is 0.417. The smallest absolute Gasteiger partial charge is 0.397 e. The van der Waals surface area contributed by atoms with Gasteiger partial charge < -0.3 is 15.3 Å². The van der Waals surface area contributed by atoms with Gasteiger partial charge in [0.15, 0.2) is 0 Å². The maximum atomic E-state index is 11.4. The van der Waals surface area contributed by atoms with Crippen LogP contribution in [0, 0.1) is 46.3 Å². The standard InChI is InChI=1S/C24H40O8S/c1-13(4-7-19(25)26)15-5-6-16-20-17(9-11-23(15,16)2)24(3)10-8-14(32-33(29,30)31)12-18(24)21(27)22(20)28/h13-18,20-22,27-28H,4-12H2,1-3H3,(H,25,26)(H,29,30,31)/t13-,14-,15-,16+,17+,18+,20+,21-,22-,23-,24-/m1/s1. The molecule has 11 atom stereocenters. The fraction of sp³-hybridized carbons (Fsp3) is 0.958. The maximum absolute atomic E-state index is 11.4. The summed E-state index contributed by atoms with van der Waals surface area (Å²) in [6.07, 6.45) is 3.78. The maximum Gasteiger partial charge on any atom is 0.397 e. The lowest BCUT2D eigenvalue weighted by Crippen LogP contribution is -2.64. The molecule has 0 amide bonds. The second kappa shape index (κ2) is 8.73. The Morgan fingerprint density at radius 1 is 1.00 bits per heavy atom. The summed E-state index contributed by atoms with van der Waals surface area (Å²) in [6.45, 7) is 6.65. The predicted octanol–water partition coefficient (Wildman–Crippen LogP) is 3.28. The minimum absolute atomic E-state index is 0.0179. The number of aliphatic hydroxyl groups excluding tert-OH is 2. The molecule has 0 aliphatic heterocycles. The third-order valence-corrected chi connectivity index (χ3v) is 11.1. The lowest BCUT2D eigenvalue weighted by atomic mass is 9.43. The molecule has 8 nitrogen and oxygen atoms in total. The van der Waals surface area contributed by atoms with Crippen LogP contribution in [0.2, 0.25) is 0 Å². The van der Waals surface area contributed by atoms with Crippen LogP contribution in [0.4, 0.5) is 0 Å². The van der Waals surface area contributed by atoms with Crippen LogP contribution in [0.25, 0.3) is 0 Å². The van der Waals surface area contributed by atoms with Crippen LogP contribution in [-0.2, 0) is 19.4 Å². The second-order valence-electron chi connectivity index (χ2n) is 11.9. The van der Waals surface area contributed by atoms with E-state index in [0.29, 0.717) is 37.5 Å². The van der Waals surface area contributed by atoms with E-state index in [1.165, 1.54) is 0 Å². The molecule has 0 aromatic heterocycles. The lowest BCUT2D eigenvalue weighted by Gasteiger charge is -2.63. The third-order valence-electron chi connectivity index (χ3n) is 10.5. The molecular formula is C24H40O8S. The van der Waals surface area contributed by atoms with Crippen molar-refractivity contribution in [3.05, 3.63) is 0 Å². The van der Waals surface area contributed by atoms with Crippen molar-refractivity contribution < 1.29 is 37.3 Å². The Morgan fingerprint density at radius 2 is 1.64 bits per heavy atom. The van der Waals surface area contributed by atoms with Gasteiger partial charge in [-0.2, -0.15) is 8.42 Å². The number of hydrogen-bond acceptors (Lipinski definition) is 6. The molecule has 0 aromatic rings. The van der Waals surface area contributed by atoms with E-state index in [1.54, 1.807) is 0 Å². The summed E-state index contributed by atoms with van der Waals surface area (Å²) >= 11 is 0. The average molecular weight is 489 g/mol. The zero-order chi connectivity index (χ0) is 24.3. The minimum Gasteiger partial charge on any atom is -0.481 e. The molecule has 190 valence electrons.